The summed E-state index contributed by atoms with van der Waals surface area (Å²) < 4.78 is 5.38. The lowest BCUT2D eigenvalue weighted by atomic mass is 9.79. The fourth-order valence-electron chi connectivity index (χ4n) is 2.93. The van der Waals surface area contributed by atoms with Gasteiger partial charge in [0.25, 0.3) is 0 Å². The van der Waals surface area contributed by atoms with Crippen molar-refractivity contribution < 1.29 is 4.74 Å². The highest BCUT2D eigenvalue weighted by atomic mass is 16.5. The van der Waals surface area contributed by atoms with Gasteiger partial charge in [-0.15, -0.1) is 0 Å². The minimum absolute atomic E-state index is 0.226. The van der Waals surface area contributed by atoms with E-state index in [1.807, 2.05) is 0 Å². The van der Waals surface area contributed by atoms with Crippen LogP contribution in [0.2, 0.25) is 0 Å². The second-order valence-corrected chi connectivity index (χ2v) is 6.18. The minimum Gasteiger partial charge on any atom is -0.497 e. The highest BCUT2D eigenvalue weighted by Gasteiger charge is 2.25. The first kappa shape index (κ1) is 12.5. The average Bonchev–Trinajstić information content (AvgIpc) is 2.80. The second kappa shape index (κ2) is 4.72. The summed E-state index contributed by atoms with van der Waals surface area (Å²) in [7, 11) is 1.75. The van der Waals surface area contributed by atoms with Crippen molar-refractivity contribution in [3.63, 3.8) is 0 Å². The molecule has 17 heavy (non-hydrogen) atoms. The Bertz CT molecular complexity index is 381. The van der Waals surface area contributed by atoms with Crippen molar-refractivity contribution in [1.29, 1.82) is 0 Å². The molecular weight excluding hydrogens is 208 g/mol. The summed E-state index contributed by atoms with van der Waals surface area (Å²) in [4.78, 5) is 0. The summed E-state index contributed by atoms with van der Waals surface area (Å²) in [5.41, 5.74) is 3.24. The van der Waals surface area contributed by atoms with Gasteiger partial charge in [0.1, 0.15) is 5.75 Å². The van der Waals surface area contributed by atoms with E-state index in [-0.39, 0.29) is 5.41 Å². The molecule has 0 amide bonds. The van der Waals surface area contributed by atoms with Crippen molar-refractivity contribution in [2.24, 2.45) is 0 Å². The van der Waals surface area contributed by atoms with E-state index in [1.165, 1.54) is 36.8 Å². The summed E-state index contributed by atoms with van der Waals surface area (Å²) in [6, 6.07) is 6.61. The van der Waals surface area contributed by atoms with Crippen LogP contribution >= 0.6 is 0 Å². The smallest absolute Gasteiger partial charge is 0.119 e. The van der Waals surface area contributed by atoms with Crippen molar-refractivity contribution in [2.45, 2.75) is 57.8 Å². The summed E-state index contributed by atoms with van der Waals surface area (Å²) in [5.74, 6) is 1.75. The Labute approximate surface area is 105 Å². The predicted octanol–water partition coefficient (Wildman–Crippen LogP) is 4.65. The van der Waals surface area contributed by atoms with Crippen LogP contribution in [0.1, 0.15) is 63.5 Å². The van der Waals surface area contributed by atoms with E-state index in [0.29, 0.717) is 0 Å². The molecule has 0 bridgehead atoms. The number of ether oxygens (including phenoxy) is 1. The first-order chi connectivity index (χ1) is 8.02. The monoisotopic (exact) mass is 232 g/mol. The Hall–Kier alpha value is -0.980. The molecular formula is C16H24O. The lowest BCUT2D eigenvalue weighted by Gasteiger charge is -2.26. The molecule has 2 rings (SSSR count). The first-order valence-electron chi connectivity index (χ1n) is 6.71. The third-order valence-corrected chi connectivity index (χ3v) is 3.86. The standard InChI is InChI=1S/C16H24O/c1-16(2,3)15-10-9-13(17-4)11-14(15)12-7-5-6-8-12/h9-12H,5-8H2,1-4H3. The van der Waals surface area contributed by atoms with Crippen LogP contribution in [0.5, 0.6) is 5.75 Å². The molecule has 94 valence electrons. The third-order valence-electron chi connectivity index (χ3n) is 3.86. The van der Waals surface area contributed by atoms with Gasteiger partial charge in [0.05, 0.1) is 7.11 Å². The molecule has 0 atom stereocenters. The van der Waals surface area contributed by atoms with Crippen LogP contribution in [-0.4, -0.2) is 7.11 Å². The number of benzene rings is 1. The van der Waals surface area contributed by atoms with Crippen LogP contribution in [0.3, 0.4) is 0 Å². The molecule has 1 aliphatic rings. The summed E-state index contributed by atoms with van der Waals surface area (Å²) >= 11 is 0. The Balaban J connectivity index is 2.43. The molecule has 1 heteroatoms. The Morgan fingerprint density at radius 2 is 1.76 bits per heavy atom. The van der Waals surface area contributed by atoms with Crippen molar-refractivity contribution in [3.05, 3.63) is 29.3 Å². The van der Waals surface area contributed by atoms with Crippen LogP contribution < -0.4 is 4.74 Å². The van der Waals surface area contributed by atoms with Crippen LogP contribution in [0.25, 0.3) is 0 Å². The molecule has 0 spiro atoms. The minimum atomic E-state index is 0.226. The van der Waals surface area contributed by atoms with Crippen LogP contribution in [0.4, 0.5) is 0 Å². The van der Waals surface area contributed by atoms with Gasteiger partial charge in [-0.1, -0.05) is 39.7 Å². The largest absolute Gasteiger partial charge is 0.497 e. The van der Waals surface area contributed by atoms with Gasteiger partial charge in [-0.3, -0.25) is 0 Å². The van der Waals surface area contributed by atoms with E-state index in [1.54, 1.807) is 7.11 Å². The zero-order chi connectivity index (χ0) is 12.5. The Morgan fingerprint density at radius 3 is 2.29 bits per heavy atom. The van der Waals surface area contributed by atoms with E-state index in [0.717, 1.165) is 11.7 Å². The Kier molecular flexibility index (Phi) is 3.46. The van der Waals surface area contributed by atoms with Crippen LogP contribution in [0.15, 0.2) is 18.2 Å². The molecule has 1 aromatic carbocycles. The number of hydrogen-bond donors (Lipinski definition) is 0. The number of rotatable bonds is 2. The van der Waals surface area contributed by atoms with Crippen molar-refractivity contribution in [2.75, 3.05) is 7.11 Å². The fraction of sp³-hybridized carbons (Fsp3) is 0.625. The van der Waals surface area contributed by atoms with E-state index in [2.05, 4.69) is 39.0 Å². The van der Waals surface area contributed by atoms with Crippen molar-refractivity contribution in [1.82, 2.24) is 0 Å². The third kappa shape index (κ3) is 2.65. The van der Waals surface area contributed by atoms with Gasteiger partial charge in [-0.05, 0) is 47.4 Å². The molecule has 0 saturated heterocycles. The number of methoxy groups -OCH3 is 1. The second-order valence-electron chi connectivity index (χ2n) is 6.18. The van der Waals surface area contributed by atoms with Crippen LogP contribution in [0, 0.1) is 0 Å². The zero-order valence-corrected chi connectivity index (χ0v) is 11.5. The highest BCUT2D eigenvalue weighted by molar-refractivity contribution is 5.41. The van der Waals surface area contributed by atoms with E-state index >= 15 is 0 Å². The van der Waals surface area contributed by atoms with Gasteiger partial charge in [-0.2, -0.15) is 0 Å². The summed E-state index contributed by atoms with van der Waals surface area (Å²) in [6.07, 6.45) is 5.45. The SMILES string of the molecule is COc1ccc(C(C)(C)C)c(C2CCCC2)c1. The first-order valence-corrected chi connectivity index (χ1v) is 6.71. The number of hydrogen-bond acceptors (Lipinski definition) is 1. The normalized spacial score (nSPS) is 17.4. The van der Waals surface area contributed by atoms with E-state index < -0.39 is 0 Å². The molecule has 0 heterocycles. The lowest BCUT2D eigenvalue weighted by molar-refractivity contribution is 0.412. The molecule has 1 saturated carbocycles. The topological polar surface area (TPSA) is 9.23 Å². The predicted molar refractivity (Wildman–Crippen MR) is 72.9 cm³/mol. The molecule has 1 aromatic rings. The fourth-order valence-corrected chi connectivity index (χ4v) is 2.93. The molecule has 1 nitrogen and oxygen atoms in total. The average molecular weight is 232 g/mol. The zero-order valence-electron chi connectivity index (χ0n) is 11.5. The molecule has 0 N–H and O–H groups in total. The molecule has 1 fully saturated rings. The maximum atomic E-state index is 5.38. The van der Waals surface area contributed by atoms with Gasteiger partial charge in [0.15, 0.2) is 0 Å². The molecule has 0 unspecified atom stereocenters. The molecule has 1 aliphatic carbocycles. The van der Waals surface area contributed by atoms with E-state index in [9.17, 15) is 0 Å². The van der Waals surface area contributed by atoms with Crippen molar-refractivity contribution in [3.8, 4) is 5.75 Å². The van der Waals surface area contributed by atoms with Gasteiger partial charge in [0.2, 0.25) is 0 Å². The summed E-state index contributed by atoms with van der Waals surface area (Å²) in [6.45, 7) is 6.90. The lowest BCUT2D eigenvalue weighted by Crippen LogP contribution is -2.15. The van der Waals surface area contributed by atoms with Crippen molar-refractivity contribution >= 4 is 0 Å². The molecule has 0 aromatic heterocycles. The van der Waals surface area contributed by atoms with Crippen LogP contribution in [-0.2, 0) is 5.41 Å². The highest BCUT2D eigenvalue weighted by Crippen LogP contribution is 2.40. The maximum Gasteiger partial charge on any atom is 0.119 e. The molecule has 0 aliphatic heterocycles. The van der Waals surface area contributed by atoms with Gasteiger partial charge < -0.3 is 4.74 Å². The quantitative estimate of drug-likeness (QED) is 0.721. The maximum absolute atomic E-state index is 5.38. The Morgan fingerprint density at radius 1 is 1.12 bits per heavy atom. The van der Waals surface area contributed by atoms with Gasteiger partial charge in [0, 0.05) is 0 Å². The van der Waals surface area contributed by atoms with Gasteiger partial charge >= 0.3 is 0 Å². The van der Waals surface area contributed by atoms with E-state index in [4.69, 9.17) is 4.74 Å². The summed E-state index contributed by atoms with van der Waals surface area (Å²) in [5, 5.41) is 0. The van der Waals surface area contributed by atoms with Gasteiger partial charge in [-0.25, -0.2) is 0 Å². The molecule has 0 radical (unpaired) electrons.